The molecule has 3 rings (SSSR count). The average molecular weight is 284 g/mol. The number of anilines is 1. The maximum absolute atomic E-state index is 12.1. The zero-order chi connectivity index (χ0) is 14.1. The van der Waals surface area contributed by atoms with Gasteiger partial charge in [-0.25, -0.2) is 4.98 Å². The summed E-state index contributed by atoms with van der Waals surface area (Å²) in [6, 6.07) is 12.6. The average Bonchev–Trinajstić information content (AvgIpc) is 2.80. The number of fused-ring (bicyclic) bond motifs is 1. The number of carbonyl (C=O) groups is 1. The summed E-state index contributed by atoms with van der Waals surface area (Å²) >= 11 is 1.40. The summed E-state index contributed by atoms with van der Waals surface area (Å²) in [6.45, 7) is 1.86. The number of carbonyl (C=O) groups excluding carboxylic acids is 1. The Hall–Kier alpha value is -2.40. The van der Waals surface area contributed by atoms with Crippen LogP contribution in [0.3, 0.4) is 0 Å². The van der Waals surface area contributed by atoms with Crippen LogP contribution in [0.2, 0.25) is 0 Å². The van der Waals surface area contributed by atoms with Crippen LogP contribution in [0.1, 0.15) is 15.9 Å². The highest BCUT2D eigenvalue weighted by molar-refractivity contribution is 7.22. The molecule has 0 radical (unpaired) electrons. The molecule has 0 unspecified atom stereocenters. The molecule has 20 heavy (non-hydrogen) atoms. The molecule has 1 amide bonds. The first-order valence-corrected chi connectivity index (χ1v) is 6.92. The van der Waals surface area contributed by atoms with Crippen molar-refractivity contribution in [2.75, 3.05) is 5.32 Å². The second-order valence-electron chi connectivity index (χ2n) is 4.46. The van der Waals surface area contributed by atoms with Crippen molar-refractivity contribution < 1.29 is 9.90 Å². The zero-order valence-corrected chi connectivity index (χ0v) is 11.6. The normalized spacial score (nSPS) is 10.7. The Bertz CT molecular complexity index is 762. The van der Waals surface area contributed by atoms with Gasteiger partial charge < -0.3 is 5.11 Å². The lowest BCUT2D eigenvalue weighted by molar-refractivity contribution is 0.102. The van der Waals surface area contributed by atoms with Gasteiger partial charge in [-0.3, -0.25) is 10.1 Å². The molecule has 1 aromatic heterocycles. The van der Waals surface area contributed by atoms with Gasteiger partial charge in [-0.1, -0.05) is 29.5 Å². The highest BCUT2D eigenvalue weighted by Gasteiger charge is 2.13. The minimum Gasteiger partial charge on any atom is -0.507 e. The minimum absolute atomic E-state index is 0.0244. The van der Waals surface area contributed by atoms with E-state index in [1.54, 1.807) is 18.2 Å². The molecule has 0 aliphatic carbocycles. The molecule has 2 N–H and O–H groups in total. The first kappa shape index (κ1) is 12.6. The molecule has 0 fully saturated rings. The molecular formula is C15H12N2O2S. The molecule has 100 valence electrons. The third kappa shape index (κ3) is 2.35. The molecule has 1 heterocycles. The molecule has 0 aliphatic heterocycles. The Kier molecular flexibility index (Phi) is 3.12. The monoisotopic (exact) mass is 284 g/mol. The Balaban J connectivity index is 1.88. The summed E-state index contributed by atoms with van der Waals surface area (Å²) in [5.41, 5.74) is 2.00. The van der Waals surface area contributed by atoms with Gasteiger partial charge in [-0.2, -0.15) is 0 Å². The van der Waals surface area contributed by atoms with Gasteiger partial charge in [0.15, 0.2) is 5.13 Å². The van der Waals surface area contributed by atoms with Gasteiger partial charge in [-0.05, 0) is 36.8 Å². The minimum atomic E-state index is -0.360. The molecule has 0 bridgehead atoms. The fourth-order valence-corrected chi connectivity index (χ4v) is 2.78. The number of hydrogen-bond acceptors (Lipinski definition) is 4. The van der Waals surface area contributed by atoms with Crippen molar-refractivity contribution in [3.8, 4) is 5.75 Å². The summed E-state index contributed by atoms with van der Waals surface area (Å²) in [7, 11) is 0. The van der Waals surface area contributed by atoms with Crippen molar-refractivity contribution in [2.24, 2.45) is 0 Å². The van der Waals surface area contributed by atoms with Crippen molar-refractivity contribution in [3.63, 3.8) is 0 Å². The van der Waals surface area contributed by atoms with E-state index in [9.17, 15) is 9.90 Å². The van der Waals surface area contributed by atoms with Crippen molar-refractivity contribution in [3.05, 3.63) is 53.6 Å². The van der Waals surface area contributed by atoms with E-state index in [0.29, 0.717) is 5.13 Å². The van der Waals surface area contributed by atoms with Crippen molar-refractivity contribution in [1.29, 1.82) is 0 Å². The summed E-state index contributed by atoms with van der Waals surface area (Å²) in [6.07, 6.45) is 0. The van der Waals surface area contributed by atoms with Gasteiger partial charge in [0.2, 0.25) is 0 Å². The number of phenols is 1. The first-order chi connectivity index (χ1) is 9.63. The van der Waals surface area contributed by atoms with Gasteiger partial charge in [0, 0.05) is 0 Å². The summed E-state index contributed by atoms with van der Waals surface area (Å²) in [5, 5.41) is 13.0. The molecular weight excluding hydrogens is 272 g/mol. The van der Waals surface area contributed by atoms with Crippen LogP contribution in [0.15, 0.2) is 42.5 Å². The summed E-state index contributed by atoms with van der Waals surface area (Å²) in [5.74, 6) is -0.384. The number of para-hydroxylation sites is 1. The van der Waals surface area contributed by atoms with E-state index in [1.165, 1.54) is 11.3 Å². The lowest BCUT2D eigenvalue weighted by Crippen LogP contribution is -2.11. The van der Waals surface area contributed by atoms with Crippen LogP contribution in [0, 0.1) is 6.92 Å². The van der Waals surface area contributed by atoms with Crippen LogP contribution >= 0.6 is 11.3 Å². The summed E-state index contributed by atoms with van der Waals surface area (Å²) < 4.78 is 1.01. The highest BCUT2D eigenvalue weighted by atomic mass is 32.1. The molecule has 0 spiro atoms. The van der Waals surface area contributed by atoms with E-state index in [-0.39, 0.29) is 17.2 Å². The van der Waals surface area contributed by atoms with Gasteiger partial charge in [0.05, 0.1) is 15.8 Å². The Morgan fingerprint density at radius 2 is 2.05 bits per heavy atom. The largest absolute Gasteiger partial charge is 0.507 e. The number of aryl methyl sites for hydroxylation is 1. The van der Waals surface area contributed by atoms with E-state index in [0.717, 1.165) is 15.8 Å². The maximum Gasteiger partial charge on any atom is 0.261 e. The Morgan fingerprint density at radius 3 is 2.80 bits per heavy atom. The lowest BCUT2D eigenvalue weighted by Gasteiger charge is -2.04. The van der Waals surface area contributed by atoms with Crippen LogP contribution < -0.4 is 5.32 Å². The predicted octanol–water partition coefficient (Wildman–Crippen LogP) is 3.56. The predicted molar refractivity (Wildman–Crippen MR) is 80.4 cm³/mol. The van der Waals surface area contributed by atoms with Crippen molar-refractivity contribution in [1.82, 2.24) is 4.98 Å². The van der Waals surface area contributed by atoms with E-state index in [4.69, 9.17) is 0 Å². The number of amides is 1. The van der Waals surface area contributed by atoms with E-state index in [1.807, 2.05) is 31.2 Å². The number of phenolic OH excluding ortho intramolecular Hbond substituents is 1. The Morgan fingerprint density at radius 1 is 1.25 bits per heavy atom. The first-order valence-electron chi connectivity index (χ1n) is 6.10. The Labute approximate surface area is 119 Å². The SMILES string of the molecule is Cc1ccc(C(=O)Nc2nc3ccccc3s2)c(O)c1. The molecule has 2 aromatic carbocycles. The third-order valence-electron chi connectivity index (χ3n) is 2.91. The van der Waals surface area contributed by atoms with E-state index in [2.05, 4.69) is 10.3 Å². The third-order valence-corrected chi connectivity index (χ3v) is 3.86. The molecule has 0 aliphatic rings. The second kappa shape index (κ2) is 4.94. The highest BCUT2D eigenvalue weighted by Crippen LogP contribution is 2.26. The lowest BCUT2D eigenvalue weighted by atomic mass is 10.1. The number of aromatic hydroxyl groups is 1. The fourth-order valence-electron chi connectivity index (χ4n) is 1.92. The van der Waals surface area contributed by atoms with Crippen molar-refractivity contribution in [2.45, 2.75) is 6.92 Å². The van der Waals surface area contributed by atoms with Gasteiger partial charge in [0.1, 0.15) is 5.75 Å². The number of thiazole rings is 1. The molecule has 3 aromatic rings. The zero-order valence-electron chi connectivity index (χ0n) is 10.8. The summed E-state index contributed by atoms with van der Waals surface area (Å²) in [4.78, 5) is 16.4. The number of benzene rings is 2. The van der Waals surface area contributed by atoms with Crippen LogP contribution in [-0.2, 0) is 0 Å². The molecule has 0 saturated carbocycles. The number of nitrogens with one attached hydrogen (secondary N) is 1. The van der Waals surface area contributed by atoms with Crippen LogP contribution in [0.4, 0.5) is 5.13 Å². The quantitative estimate of drug-likeness (QED) is 0.756. The smallest absolute Gasteiger partial charge is 0.261 e. The van der Waals surface area contributed by atoms with Crippen LogP contribution in [-0.4, -0.2) is 16.0 Å². The molecule has 0 atom stereocenters. The standard InChI is InChI=1S/C15H12N2O2S/c1-9-6-7-10(12(18)8-9)14(19)17-15-16-11-4-2-3-5-13(11)20-15/h2-8,18H,1H3,(H,16,17,19). The van der Waals surface area contributed by atoms with E-state index >= 15 is 0 Å². The second-order valence-corrected chi connectivity index (χ2v) is 5.49. The number of aromatic nitrogens is 1. The van der Waals surface area contributed by atoms with Crippen molar-refractivity contribution >= 4 is 32.6 Å². The molecule has 4 nitrogen and oxygen atoms in total. The number of hydrogen-bond donors (Lipinski definition) is 2. The number of rotatable bonds is 2. The molecule has 5 heteroatoms. The van der Waals surface area contributed by atoms with Gasteiger partial charge in [-0.15, -0.1) is 0 Å². The van der Waals surface area contributed by atoms with Gasteiger partial charge in [0.25, 0.3) is 5.91 Å². The fraction of sp³-hybridized carbons (Fsp3) is 0.0667. The number of nitrogens with zero attached hydrogens (tertiary/aromatic N) is 1. The van der Waals surface area contributed by atoms with Crippen LogP contribution in [0.5, 0.6) is 5.75 Å². The maximum atomic E-state index is 12.1. The van der Waals surface area contributed by atoms with E-state index < -0.39 is 0 Å². The van der Waals surface area contributed by atoms with Gasteiger partial charge >= 0.3 is 0 Å². The van der Waals surface area contributed by atoms with Crippen LogP contribution in [0.25, 0.3) is 10.2 Å². The molecule has 0 saturated heterocycles. The topological polar surface area (TPSA) is 62.2 Å².